The monoisotopic (exact) mass is 193 g/mol. The molecule has 0 aromatic heterocycles. The minimum Gasteiger partial charge on any atom is -0.394 e. The summed E-state index contributed by atoms with van der Waals surface area (Å²) in [5.41, 5.74) is 5.50. The van der Waals surface area contributed by atoms with Crippen LogP contribution in [0.4, 0.5) is 0 Å². The van der Waals surface area contributed by atoms with E-state index in [0.29, 0.717) is 0 Å². The van der Waals surface area contributed by atoms with Gasteiger partial charge in [0.05, 0.1) is 12.6 Å². The summed E-state index contributed by atoms with van der Waals surface area (Å²) in [5.74, 6) is 0. The Labute approximate surface area is 75.9 Å². The molecule has 6 heteroatoms. The van der Waals surface area contributed by atoms with Crippen LogP contribution < -0.4 is 5.73 Å². The molecule has 1 heterocycles. The molecule has 5 N–H and O–H groups in total. The Hall–Kier alpha value is -0.240. The van der Waals surface area contributed by atoms with Gasteiger partial charge in [0.25, 0.3) is 0 Å². The Morgan fingerprint density at radius 2 is 2.00 bits per heavy atom. The van der Waals surface area contributed by atoms with Crippen LogP contribution in [0.25, 0.3) is 0 Å². The molecule has 1 fully saturated rings. The van der Waals surface area contributed by atoms with Crippen LogP contribution in [-0.4, -0.2) is 59.7 Å². The molecule has 6 nitrogen and oxygen atoms in total. The van der Waals surface area contributed by atoms with Crippen LogP contribution in [0, 0.1) is 0 Å². The van der Waals surface area contributed by atoms with Crippen LogP contribution in [-0.2, 0) is 9.47 Å². The normalized spacial score (nSPS) is 46.4. The van der Waals surface area contributed by atoms with E-state index in [2.05, 4.69) is 0 Å². The molecule has 0 saturated carbocycles. The molecule has 0 aromatic carbocycles. The standard InChI is InChI=1S/C7H15NO5/c1-12-7-4(8)6(11)5(10)3(2-9)13-7/h3-7,9-11H,2,8H2,1H3/t3-,4-,5+,6-,7?/m1/s1. The van der Waals surface area contributed by atoms with Gasteiger partial charge in [-0.3, -0.25) is 0 Å². The summed E-state index contributed by atoms with van der Waals surface area (Å²) < 4.78 is 9.90. The van der Waals surface area contributed by atoms with Gasteiger partial charge in [-0.1, -0.05) is 0 Å². The van der Waals surface area contributed by atoms with E-state index in [9.17, 15) is 10.2 Å². The van der Waals surface area contributed by atoms with Crippen molar-refractivity contribution in [1.82, 2.24) is 0 Å². The first-order valence-electron chi connectivity index (χ1n) is 4.02. The molecule has 1 saturated heterocycles. The highest BCUT2D eigenvalue weighted by Gasteiger charge is 2.42. The van der Waals surface area contributed by atoms with Crippen LogP contribution in [0.3, 0.4) is 0 Å². The summed E-state index contributed by atoms with van der Waals surface area (Å²) in [7, 11) is 1.38. The van der Waals surface area contributed by atoms with Gasteiger partial charge in [-0.2, -0.15) is 0 Å². The average Bonchev–Trinajstić information content (AvgIpc) is 2.15. The van der Waals surface area contributed by atoms with Gasteiger partial charge in [0, 0.05) is 7.11 Å². The summed E-state index contributed by atoms with van der Waals surface area (Å²) >= 11 is 0. The third kappa shape index (κ3) is 1.98. The van der Waals surface area contributed by atoms with Crippen molar-refractivity contribution in [3.8, 4) is 0 Å². The molecular formula is C7H15NO5. The van der Waals surface area contributed by atoms with Crippen molar-refractivity contribution >= 4 is 0 Å². The number of methoxy groups -OCH3 is 1. The minimum absolute atomic E-state index is 0.384. The van der Waals surface area contributed by atoms with Crippen molar-refractivity contribution < 1.29 is 24.8 Å². The molecule has 0 spiro atoms. The minimum atomic E-state index is -1.17. The summed E-state index contributed by atoms with van der Waals surface area (Å²) in [6, 6.07) is -0.803. The van der Waals surface area contributed by atoms with E-state index in [4.69, 9.17) is 20.3 Å². The predicted octanol–water partition coefficient (Wildman–Crippen LogP) is -2.60. The quantitative estimate of drug-likeness (QED) is 0.383. The van der Waals surface area contributed by atoms with Crippen molar-refractivity contribution in [1.29, 1.82) is 0 Å². The smallest absolute Gasteiger partial charge is 0.175 e. The second kappa shape index (κ2) is 4.32. The number of rotatable bonds is 2. The van der Waals surface area contributed by atoms with E-state index in [1.54, 1.807) is 0 Å². The van der Waals surface area contributed by atoms with Gasteiger partial charge in [0.1, 0.15) is 18.3 Å². The van der Waals surface area contributed by atoms with Gasteiger partial charge in [-0.25, -0.2) is 0 Å². The number of aliphatic hydroxyl groups is 3. The fourth-order valence-corrected chi connectivity index (χ4v) is 1.32. The van der Waals surface area contributed by atoms with Crippen LogP contribution in [0.1, 0.15) is 0 Å². The van der Waals surface area contributed by atoms with Crippen molar-refractivity contribution in [2.75, 3.05) is 13.7 Å². The number of hydrogen-bond acceptors (Lipinski definition) is 6. The zero-order valence-corrected chi connectivity index (χ0v) is 7.33. The Balaban J connectivity index is 2.66. The molecule has 78 valence electrons. The lowest BCUT2D eigenvalue weighted by molar-refractivity contribution is -0.257. The molecule has 0 radical (unpaired) electrons. The zero-order valence-electron chi connectivity index (χ0n) is 7.33. The lowest BCUT2D eigenvalue weighted by atomic mass is 9.98. The fraction of sp³-hybridized carbons (Fsp3) is 1.00. The molecule has 13 heavy (non-hydrogen) atoms. The molecule has 1 unspecified atom stereocenters. The highest BCUT2D eigenvalue weighted by atomic mass is 16.7. The molecule has 0 aliphatic carbocycles. The Kier molecular flexibility index (Phi) is 3.60. The highest BCUT2D eigenvalue weighted by molar-refractivity contribution is 4.91. The van der Waals surface area contributed by atoms with E-state index >= 15 is 0 Å². The maximum Gasteiger partial charge on any atom is 0.175 e. The topological polar surface area (TPSA) is 105 Å². The molecule has 1 aliphatic heterocycles. The van der Waals surface area contributed by atoms with Gasteiger partial charge < -0.3 is 30.5 Å². The lowest BCUT2D eigenvalue weighted by Crippen LogP contribution is -2.62. The zero-order chi connectivity index (χ0) is 10.0. The van der Waals surface area contributed by atoms with E-state index < -0.39 is 30.6 Å². The summed E-state index contributed by atoms with van der Waals surface area (Å²) in [5, 5.41) is 27.5. The van der Waals surface area contributed by atoms with E-state index in [0.717, 1.165) is 0 Å². The predicted molar refractivity (Wildman–Crippen MR) is 42.7 cm³/mol. The van der Waals surface area contributed by atoms with Crippen molar-refractivity contribution in [3.05, 3.63) is 0 Å². The SMILES string of the molecule is COC1O[C@H](CO)[C@H](O)[C@H](O)[C@H]1N. The average molecular weight is 193 g/mol. The molecule has 1 rings (SSSR count). The number of ether oxygens (including phenoxy) is 2. The van der Waals surface area contributed by atoms with Crippen LogP contribution in [0.15, 0.2) is 0 Å². The summed E-state index contributed by atoms with van der Waals surface area (Å²) in [4.78, 5) is 0. The number of aliphatic hydroxyl groups excluding tert-OH is 3. The molecular weight excluding hydrogens is 178 g/mol. The molecule has 0 aromatic rings. The molecule has 5 atom stereocenters. The van der Waals surface area contributed by atoms with Gasteiger partial charge in [-0.15, -0.1) is 0 Å². The first-order valence-corrected chi connectivity index (χ1v) is 4.02. The van der Waals surface area contributed by atoms with Crippen molar-refractivity contribution in [3.63, 3.8) is 0 Å². The largest absolute Gasteiger partial charge is 0.394 e. The third-order valence-electron chi connectivity index (χ3n) is 2.16. The highest BCUT2D eigenvalue weighted by Crippen LogP contribution is 2.19. The number of nitrogens with two attached hydrogens (primary N) is 1. The Bertz CT molecular complexity index is 147. The third-order valence-corrected chi connectivity index (χ3v) is 2.16. The van der Waals surface area contributed by atoms with Gasteiger partial charge in [-0.05, 0) is 0 Å². The van der Waals surface area contributed by atoms with Gasteiger partial charge in [0.15, 0.2) is 6.29 Å². The number of hydrogen-bond donors (Lipinski definition) is 4. The summed E-state index contributed by atoms with van der Waals surface area (Å²) in [6.07, 6.45) is -3.96. The molecule has 0 bridgehead atoms. The maximum absolute atomic E-state index is 9.40. The Morgan fingerprint density at radius 1 is 1.38 bits per heavy atom. The summed E-state index contributed by atoms with van der Waals surface area (Å²) in [6.45, 7) is -0.384. The maximum atomic E-state index is 9.40. The van der Waals surface area contributed by atoms with Crippen molar-refractivity contribution in [2.45, 2.75) is 30.6 Å². The van der Waals surface area contributed by atoms with E-state index in [1.807, 2.05) is 0 Å². The Morgan fingerprint density at radius 3 is 2.46 bits per heavy atom. The lowest BCUT2D eigenvalue weighted by Gasteiger charge is -2.39. The fourth-order valence-electron chi connectivity index (χ4n) is 1.32. The molecule has 1 aliphatic rings. The van der Waals surface area contributed by atoms with E-state index in [1.165, 1.54) is 7.11 Å². The van der Waals surface area contributed by atoms with Crippen LogP contribution >= 0.6 is 0 Å². The van der Waals surface area contributed by atoms with Crippen molar-refractivity contribution in [2.24, 2.45) is 5.73 Å². The van der Waals surface area contributed by atoms with E-state index in [-0.39, 0.29) is 6.61 Å². The second-order valence-electron chi connectivity index (χ2n) is 3.02. The first kappa shape index (κ1) is 10.8. The van der Waals surface area contributed by atoms with Crippen LogP contribution in [0.5, 0.6) is 0 Å². The van der Waals surface area contributed by atoms with Gasteiger partial charge in [0.2, 0.25) is 0 Å². The van der Waals surface area contributed by atoms with Gasteiger partial charge >= 0.3 is 0 Å². The molecule has 0 amide bonds. The first-order chi connectivity index (χ1) is 6.11. The second-order valence-corrected chi connectivity index (χ2v) is 3.02. The van der Waals surface area contributed by atoms with Crippen LogP contribution in [0.2, 0.25) is 0 Å².